The van der Waals surface area contributed by atoms with Crippen molar-refractivity contribution in [1.29, 1.82) is 0 Å². The Bertz CT molecular complexity index is 1040. The Kier molecular flexibility index (Phi) is 5.82. The summed E-state index contributed by atoms with van der Waals surface area (Å²) in [6.45, 7) is 5.13. The number of ether oxygens (including phenoxy) is 1. The third-order valence-electron chi connectivity index (χ3n) is 7.55. The summed E-state index contributed by atoms with van der Waals surface area (Å²) in [4.78, 5) is 14.6. The number of nitrogens with one attached hydrogen (secondary N) is 2. The van der Waals surface area contributed by atoms with Gasteiger partial charge in [0.15, 0.2) is 0 Å². The predicted molar refractivity (Wildman–Crippen MR) is 118 cm³/mol. The molecule has 3 aliphatic rings. The van der Waals surface area contributed by atoms with Gasteiger partial charge in [0, 0.05) is 30.6 Å². The van der Waals surface area contributed by atoms with Crippen LogP contribution in [0.25, 0.3) is 0 Å². The molecule has 0 aromatic heterocycles. The molecule has 1 aliphatic carbocycles. The van der Waals surface area contributed by atoms with Gasteiger partial charge in [0.2, 0.25) is 5.91 Å². The second kappa shape index (κ2) is 8.65. The van der Waals surface area contributed by atoms with Crippen molar-refractivity contribution in [1.82, 2.24) is 10.2 Å². The van der Waals surface area contributed by atoms with Gasteiger partial charge in [-0.1, -0.05) is 19.1 Å². The summed E-state index contributed by atoms with van der Waals surface area (Å²) in [5.74, 6) is -1.51. The lowest BCUT2D eigenvalue weighted by Crippen LogP contribution is -2.54. The molecule has 2 aromatic carbocycles. The van der Waals surface area contributed by atoms with Gasteiger partial charge < -0.3 is 15.4 Å². The van der Waals surface area contributed by atoms with E-state index < -0.39 is 17.0 Å². The predicted octanol–water partition coefficient (Wildman–Crippen LogP) is 3.76. The molecule has 5 nitrogen and oxygen atoms in total. The number of morpholine rings is 1. The average molecular weight is 460 g/mol. The second-order valence-electron chi connectivity index (χ2n) is 9.54. The van der Waals surface area contributed by atoms with Crippen LogP contribution in [-0.4, -0.2) is 49.7 Å². The number of carbonyl (C=O) groups excluding carboxylic acids is 1. The number of fused-ring (bicyclic) bond motifs is 1. The van der Waals surface area contributed by atoms with Crippen molar-refractivity contribution in [3.05, 3.63) is 65.0 Å². The van der Waals surface area contributed by atoms with E-state index in [0.29, 0.717) is 43.9 Å². The van der Waals surface area contributed by atoms with Crippen molar-refractivity contribution >= 4 is 11.6 Å². The molecule has 2 heterocycles. The third-order valence-corrected chi connectivity index (χ3v) is 7.55. The van der Waals surface area contributed by atoms with E-state index in [4.69, 9.17) is 4.74 Å². The molecule has 8 heteroatoms. The van der Waals surface area contributed by atoms with Crippen LogP contribution in [0.2, 0.25) is 0 Å². The molecule has 0 bridgehead atoms. The van der Waals surface area contributed by atoms with Gasteiger partial charge >= 0.3 is 0 Å². The van der Waals surface area contributed by atoms with E-state index in [0.717, 1.165) is 24.7 Å². The zero-order valence-electron chi connectivity index (χ0n) is 18.5. The lowest BCUT2D eigenvalue weighted by atomic mass is 9.58. The summed E-state index contributed by atoms with van der Waals surface area (Å²) in [6.07, 6.45) is 1.42. The normalized spacial score (nSPS) is 29.2. The van der Waals surface area contributed by atoms with Gasteiger partial charge in [0.1, 0.15) is 17.5 Å². The highest BCUT2D eigenvalue weighted by molar-refractivity contribution is 5.78. The molecule has 2 N–H and O–H groups in total. The zero-order valence-corrected chi connectivity index (χ0v) is 18.5. The fourth-order valence-corrected chi connectivity index (χ4v) is 5.60. The van der Waals surface area contributed by atoms with E-state index in [-0.39, 0.29) is 29.7 Å². The van der Waals surface area contributed by atoms with E-state index in [9.17, 15) is 18.0 Å². The van der Waals surface area contributed by atoms with Crippen LogP contribution in [-0.2, 0) is 14.9 Å². The molecule has 2 aromatic rings. The summed E-state index contributed by atoms with van der Waals surface area (Å²) in [7, 11) is 0. The van der Waals surface area contributed by atoms with Crippen LogP contribution >= 0.6 is 0 Å². The van der Waals surface area contributed by atoms with Crippen LogP contribution in [0.5, 0.6) is 0 Å². The van der Waals surface area contributed by atoms with Crippen molar-refractivity contribution < 1.29 is 22.7 Å². The molecule has 5 rings (SSSR count). The largest absolute Gasteiger partial charge is 0.379 e. The highest BCUT2D eigenvalue weighted by Gasteiger charge is 2.54. The summed E-state index contributed by atoms with van der Waals surface area (Å²) >= 11 is 0. The summed E-state index contributed by atoms with van der Waals surface area (Å²) in [5, 5.41) is 6.35. The minimum absolute atomic E-state index is 0.0115. The molecule has 0 radical (unpaired) electrons. The molecule has 1 amide bonds. The van der Waals surface area contributed by atoms with Gasteiger partial charge in [0.25, 0.3) is 0 Å². The Hall–Kier alpha value is -2.58. The molecule has 2 atom stereocenters. The fraction of sp³-hybridized carbons (Fsp3) is 0.480. The third kappa shape index (κ3) is 4.10. The van der Waals surface area contributed by atoms with Crippen molar-refractivity contribution in [3.8, 4) is 0 Å². The van der Waals surface area contributed by atoms with Crippen molar-refractivity contribution in [2.24, 2.45) is 5.92 Å². The van der Waals surface area contributed by atoms with E-state index in [1.807, 2.05) is 6.92 Å². The van der Waals surface area contributed by atoms with E-state index in [1.165, 1.54) is 18.2 Å². The number of rotatable bonds is 5. The number of nitrogens with zero attached hydrogens (tertiary/aromatic N) is 1. The lowest BCUT2D eigenvalue weighted by Gasteiger charge is -2.48. The van der Waals surface area contributed by atoms with E-state index >= 15 is 0 Å². The summed E-state index contributed by atoms with van der Waals surface area (Å²) < 4.78 is 47.8. The standard InChI is InChI=1S/C25H28F3N3O2/c1-25(16-10-19(11-16)29-22(32)14-31-6-8-33-9-7-31)20-12-18(27)13-21(28)23(20)30-24(25)15-2-4-17(26)5-3-15/h2-5,12-13,16,19,24,30H,6-11,14H2,1H3,(H,29,32). The zero-order chi connectivity index (χ0) is 23.2. The van der Waals surface area contributed by atoms with Gasteiger partial charge in [-0.05, 0) is 48.1 Å². The van der Waals surface area contributed by atoms with Crippen molar-refractivity contribution in [3.63, 3.8) is 0 Å². The lowest BCUT2D eigenvalue weighted by molar-refractivity contribution is -0.125. The van der Waals surface area contributed by atoms with Crippen LogP contribution in [0.15, 0.2) is 36.4 Å². The number of amides is 1. The van der Waals surface area contributed by atoms with Crippen molar-refractivity contribution in [2.75, 3.05) is 38.2 Å². The van der Waals surface area contributed by atoms with Gasteiger partial charge in [-0.3, -0.25) is 9.69 Å². The molecule has 2 unspecified atom stereocenters. The fourth-order valence-electron chi connectivity index (χ4n) is 5.60. The monoisotopic (exact) mass is 459 g/mol. The number of hydrogen-bond acceptors (Lipinski definition) is 4. The molecule has 33 heavy (non-hydrogen) atoms. The van der Waals surface area contributed by atoms with Gasteiger partial charge in [0.05, 0.1) is 31.5 Å². The second-order valence-corrected chi connectivity index (χ2v) is 9.54. The maximum atomic E-state index is 14.7. The summed E-state index contributed by atoms with van der Waals surface area (Å²) in [6, 6.07) is 8.11. The highest BCUT2D eigenvalue weighted by atomic mass is 19.1. The quantitative estimate of drug-likeness (QED) is 0.715. The molecule has 176 valence electrons. The first-order chi connectivity index (χ1) is 15.8. The maximum absolute atomic E-state index is 14.7. The first-order valence-electron chi connectivity index (χ1n) is 11.5. The number of carbonyl (C=O) groups is 1. The minimum Gasteiger partial charge on any atom is -0.379 e. The minimum atomic E-state index is -0.629. The number of hydrogen-bond donors (Lipinski definition) is 2. The molecular weight excluding hydrogens is 431 g/mol. The van der Waals surface area contributed by atoms with Gasteiger partial charge in [-0.25, -0.2) is 13.2 Å². The van der Waals surface area contributed by atoms with Crippen LogP contribution in [0, 0.1) is 23.4 Å². The molecule has 1 saturated heterocycles. The first-order valence-corrected chi connectivity index (χ1v) is 11.5. The van der Waals surface area contributed by atoms with Crippen LogP contribution < -0.4 is 10.6 Å². The smallest absolute Gasteiger partial charge is 0.234 e. The van der Waals surface area contributed by atoms with Gasteiger partial charge in [-0.15, -0.1) is 0 Å². The topological polar surface area (TPSA) is 53.6 Å². The number of benzene rings is 2. The Balaban J connectivity index is 1.34. The maximum Gasteiger partial charge on any atom is 0.234 e. The molecule has 1 saturated carbocycles. The van der Waals surface area contributed by atoms with Crippen LogP contribution in [0.4, 0.5) is 18.9 Å². The van der Waals surface area contributed by atoms with Crippen LogP contribution in [0.3, 0.4) is 0 Å². The van der Waals surface area contributed by atoms with E-state index in [2.05, 4.69) is 15.5 Å². The number of halogens is 3. The molecule has 0 spiro atoms. The Labute approximate surface area is 191 Å². The summed E-state index contributed by atoms with van der Waals surface area (Å²) in [5.41, 5.74) is 1.10. The van der Waals surface area contributed by atoms with Gasteiger partial charge in [-0.2, -0.15) is 0 Å². The molecule has 2 aliphatic heterocycles. The average Bonchev–Trinajstić information content (AvgIpc) is 3.05. The highest BCUT2D eigenvalue weighted by Crippen LogP contribution is 2.58. The molecular formula is C25H28F3N3O2. The van der Waals surface area contributed by atoms with Crippen LogP contribution in [0.1, 0.15) is 36.9 Å². The van der Waals surface area contributed by atoms with Crippen molar-refractivity contribution in [2.45, 2.75) is 37.3 Å². The Morgan fingerprint density at radius 2 is 1.82 bits per heavy atom. The Morgan fingerprint density at radius 1 is 1.12 bits per heavy atom. The first kappa shape index (κ1) is 22.2. The number of anilines is 1. The SMILES string of the molecule is CC1(C2CC(NC(=O)CN3CCOCC3)C2)c2cc(F)cc(F)c2NC1c1ccc(F)cc1. The van der Waals surface area contributed by atoms with E-state index in [1.54, 1.807) is 12.1 Å². The Morgan fingerprint density at radius 3 is 2.52 bits per heavy atom. The molecule has 2 fully saturated rings.